The van der Waals surface area contributed by atoms with Gasteiger partial charge in [0.15, 0.2) is 11.6 Å². The minimum Gasteiger partial charge on any atom is -0.375 e. The third-order valence-electron chi connectivity index (χ3n) is 6.57. The molecule has 0 aliphatic carbocycles. The Morgan fingerprint density at radius 3 is 2.68 bits per heavy atom. The molecular formula is C28H27F2N5O2. The molecule has 1 aliphatic rings. The molecule has 0 bridgehead atoms. The Labute approximate surface area is 213 Å². The first-order valence-corrected chi connectivity index (χ1v) is 11.9. The zero-order chi connectivity index (χ0) is 26.1. The van der Waals surface area contributed by atoms with Gasteiger partial charge >= 0.3 is 0 Å². The smallest absolute Gasteiger partial charge is 0.220 e. The fraction of sp³-hybridized carbons (Fsp3) is 0.250. The van der Waals surface area contributed by atoms with Crippen molar-refractivity contribution in [3.63, 3.8) is 0 Å². The van der Waals surface area contributed by atoms with Crippen LogP contribution in [0.25, 0.3) is 22.0 Å². The molecule has 0 saturated heterocycles. The summed E-state index contributed by atoms with van der Waals surface area (Å²) in [6, 6.07) is 15.1. The van der Waals surface area contributed by atoms with Crippen molar-refractivity contribution in [1.82, 2.24) is 19.8 Å². The molecule has 0 fully saturated rings. The molecule has 9 heteroatoms. The summed E-state index contributed by atoms with van der Waals surface area (Å²) >= 11 is 0. The lowest BCUT2D eigenvalue weighted by Crippen LogP contribution is -2.22. The Morgan fingerprint density at radius 2 is 1.89 bits per heavy atom. The average Bonchev–Trinajstić information content (AvgIpc) is 3.26. The van der Waals surface area contributed by atoms with Crippen molar-refractivity contribution in [2.45, 2.75) is 19.2 Å². The number of hydrogen-bond acceptors (Lipinski definition) is 6. The number of fused-ring (bicyclic) bond motifs is 2. The largest absolute Gasteiger partial charge is 0.375 e. The van der Waals surface area contributed by atoms with Gasteiger partial charge in [-0.25, -0.2) is 18.7 Å². The normalized spacial score (nSPS) is 14.9. The number of nitrogens with two attached hydrogens (primary N) is 1. The number of benzene rings is 3. The van der Waals surface area contributed by atoms with E-state index < -0.39 is 17.7 Å². The second-order valence-corrected chi connectivity index (χ2v) is 9.36. The summed E-state index contributed by atoms with van der Waals surface area (Å²) in [7, 11) is 3.87. The van der Waals surface area contributed by atoms with Crippen LogP contribution in [0.15, 0.2) is 54.6 Å². The Hall–Kier alpha value is -3.95. The van der Waals surface area contributed by atoms with Crippen molar-refractivity contribution in [3.8, 4) is 11.1 Å². The first-order chi connectivity index (χ1) is 17.9. The van der Waals surface area contributed by atoms with Crippen molar-refractivity contribution < 1.29 is 18.3 Å². The highest BCUT2D eigenvalue weighted by Crippen LogP contribution is 2.40. The summed E-state index contributed by atoms with van der Waals surface area (Å²) in [6.45, 7) is 1.72. The Kier molecular flexibility index (Phi) is 6.82. The standard InChI is InChI=1S/C28H27F2N5O2/c1-34(2)9-10-37-15-19-12-23(29)24(30)13-21(19)17-7-8-25-22(11-17)26(33-28(31)32-25)27-20-6-4-3-5-18(20)14-35(27)16-36/h3-8,11-13,16,27H,9-10,14-15H2,1-2H3,(H2,31,32,33). The maximum Gasteiger partial charge on any atom is 0.220 e. The number of hydrogen-bond donors (Lipinski definition) is 1. The fourth-order valence-corrected chi connectivity index (χ4v) is 4.77. The molecule has 0 radical (unpaired) electrons. The summed E-state index contributed by atoms with van der Waals surface area (Å²) in [5, 5.41) is 0.671. The van der Waals surface area contributed by atoms with Gasteiger partial charge in [-0.3, -0.25) is 4.79 Å². The number of likely N-dealkylation sites (N-methyl/N-ethyl adjacent to an activating group) is 1. The molecule has 190 valence electrons. The van der Waals surface area contributed by atoms with Gasteiger partial charge in [0.25, 0.3) is 0 Å². The molecule has 2 heterocycles. The van der Waals surface area contributed by atoms with E-state index in [9.17, 15) is 13.6 Å². The number of nitrogens with zero attached hydrogens (tertiary/aromatic N) is 4. The second kappa shape index (κ2) is 10.2. The van der Waals surface area contributed by atoms with Crippen LogP contribution in [0, 0.1) is 11.6 Å². The minimum atomic E-state index is -0.947. The molecular weight excluding hydrogens is 476 g/mol. The molecule has 0 saturated carbocycles. The van der Waals surface area contributed by atoms with Crippen LogP contribution in [-0.2, 0) is 22.7 Å². The van der Waals surface area contributed by atoms with Gasteiger partial charge in [0.2, 0.25) is 12.4 Å². The van der Waals surface area contributed by atoms with Crippen molar-refractivity contribution in [1.29, 1.82) is 0 Å². The van der Waals surface area contributed by atoms with E-state index in [-0.39, 0.29) is 12.6 Å². The van der Waals surface area contributed by atoms with Crippen LogP contribution < -0.4 is 5.73 Å². The van der Waals surface area contributed by atoms with Gasteiger partial charge in [-0.1, -0.05) is 30.3 Å². The second-order valence-electron chi connectivity index (χ2n) is 9.36. The van der Waals surface area contributed by atoms with Crippen molar-refractivity contribution in [3.05, 3.63) is 88.6 Å². The topological polar surface area (TPSA) is 84.6 Å². The third kappa shape index (κ3) is 4.87. The minimum absolute atomic E-state index is 0.0910. The molecule has 37 heavy (non-hydrogen) atoms. The van der Waals surface area contributed by atoms with E-state index >= 15 is 0 Å². The highest BCUT2D eigenvalue weighted by molar-refractivity contribution is 5.88. The lowest BCUT2D eigenvalue weighted by atomic mass is 9.95. The molecule has 1 atom stereocenters. The highest BCUT2D eigenvalue weighted by atomic mass is 19.2. The number of aromatic nitrogens is 2. The molecule has 1 aliphatic heterocycles. The van der Waals surface area contributed by atoms with Gasteiger partial charge in [-0.05, 0) is 66.2 Å². The summed E-state index contributed by atoms with van der Waals surface area (Å²) < 4.78 is 34.3. The van der Waals surface area contributed by atoms with Gasteiger partial charge in [-0.15, -0.1) is 0 Å². The number of carbonyl (C=O) groups excluding carboxylic acids is 1. The van der Waals surface area contributed by atoms with E-state index in [1.165, 1.54) is 12.1 Å². The zero-order valence-electron chi connectivity index (χ0n) is 20.6. The highest BCUT2D eigenvalue weighted by Gasteiger charge is 2.33. The van der Waals surface area contributed by atoms with E-state index in [0.29, 0.717) is 53.0 Å². The first kappa shape index (κ1) is 24.7. The van der Waals surface area contributed by atoms with Crippen LogP contribution in [0.4, 0.5) is 14.7 Å². The van der Waals surface area contributed by atoms with Crippen LogP contribution >= 0.6 is 0 Å². The van der Waals surface area contributed by atoms with Gasteiger partial charge in [0.1, 0.15) is 6.04 Å². The monoisotopic (exact) mass is 503 g/mol. The summed E-state index contributed by atoms with van der Waals surface area (Å²) in [5.41, 5.74) is 10.9. The van der Waals surface area contributed by atoms with Crippen molar-refractivity contribution >= 4 is 23.3 Å². The lowest BCUT2D eigenvalue weighted by molar-refractivity contribution is -0.119. The average molecular weight is 504 g/mol. The van der Waals surface area contributed by atoms with Crippen LogP contribution in [-0.4, -0.2) is 53.4 Å². The van der Waals surface area contributed by atoms with Crippen LogP contribution in [0.3, 0.4) is 0 Å². The molecule has 1 aromatic heterocycles. The Balaban J connectivity index is 1.62. The molecule has 7 nitrogen and oxygen atoms in total. The SMILES string of the molecule is CN(C)CCOCc1cc(F)c(F)cc1-c1ccc2nc(N)nc(C3c4ccccc4CN3C=O)c2c1. The van der Waals surface area contributed by atoms with Crippen molar-refractivity contribution in [2.75, 3.05) is 33.0 Å². The van der Waals surface area contributed by atoms with Crippen LogP contribution in [0.5, 0.6) is 0 Å². The van der Waals surface area contributed by atoms with E-state index in [4.69, 9.17) is 10.5 Å². The Morgan fingerprint density at radius 1 is 1.11 bits per heavy atom. The first-order valence-electron chi connectivity index (χ1n) is 11.9. The van der Waals surface area contributed by atoms with E-state index in [0.717, 1.165) is 17.5 Å². The van der Waals surface area contributed by atoms with Gasteiger partial charge < -0.3 is 20.3 Å². The molecule has 1 unspecified atom stereocenters. The number of amides is 1. The molecule has 5 rings (SSSR count). The summed E-state index contributed by atoms with van der Waals surface area (Å²) in [6.07, 6.45) is 0.803. The lowest BCUT2D eigenvalue weighted by Gasteiger charge is -2.22. The van der Waals surface area contributed by atoms with Gasteiger partial charge in [0, 0.05) is 18.5 Å². The maximum absolute atomic E-state index is 14.4. The number of carbonyl (C=O) groups is 1. The molecule has 1 amide bonds. The van der Waals surface area contributed by atoms with E-state index in [1.54, 1.807) is 17.0 Å². The number of ether oxygens (including phenoxy) is 1. The number of halogens is 2. The molecule has 0 spiro atoms. The number of rotatable bonds is 8. The summed E-state index contributed by atoms with van der Waals surface area (Å²) in [4.78, 5) is 24.6. The Bertz CT molecular complexity index is 1480. The predicted octanol–water partition coefficient (Wildman–Crippen LogP) is 4.30. The number of anilines is 1. The van der Waals surface area contributed by atoms with Gasteiger partial charge in [0.05, 0.1) is 24.4 Å². The maximum atomic E-state index is 14.4. The van der Waals surface area contributed by atoms with E-state index in [1.807, 2.05) is 49.3 Å². The van der Waals surface area contributed by atoms with Crippen molar-refractivity contribution in [2.24, 2.45) is 0 Å². The van der Waals surface area contributed by atoms with E-state index in [2.05, 4.69) is 9.97 Å². The zero-order valence-corrected chi connectivity index (χ0v) is 20.6. The molecule has 2 N–H and O–H groups in total. The molecule has 4 aromatic rings. The summed E-state index contributed by atoms with van der Waals surface area (Å²) in [5.74, 6) is -1.79. The third-order valence-corrected chi connectivity index (χ3v) is 6.57. The molecule has 3 aromatic carbocycles. The predicted molar refractivity (Wildman–Crippen MR) is 137 cm³/mol. The quantitative estimate of drug-likeness (QED) is 0.285. The van der Waals surface area contributed by atoms with Crippen LogP contribution in [0.1, 0.15) is 28.4 Å². The number of nitrogen functional groups attached to an aromatic ring is 1. The fourth-order valence-electron chi connectivity index (χ4n) is 4.77. The van der Waals surface area contributed by atoms with Crippen LogP contribution in [0.2, 0.25) is 0 Å². The van der Waals surface area contributed by atoms with Gasteiger partial charge in [-0.2, -0.15) is 0 Å².